The second-order valence-electron chi connectivity index (χ2n) is 6.58. The SMILES string of the molecule is CC1CCNC2(CCCC2)CN1Cc1ccc(Cl)cc1. The highest BCUT2D eigenvalue weighted by molar-refractivity contribution is 6.30. The molecule has 0 bridgehead atoms. The van der Waals surface area contributed by atoms with Gasteiger partial charge in [0.1, 0.15) is 0 Å². The average Bonchev–Trinajstić information content (AvgIpc) is 2.83. The van der Waals surface area contributed by atoms with Crippen LogP contribution in [0.15, 0.2) is 24.3 Å². The van der Waals surface area contributed by atoms with Crippen molar-refractivity contribution in [1.29, 1.82) is 0 Å². The van der Waals surface area contributed by atoms with Crippen molar-refractivity contribution in [2.45, 2.75) is 57.2 Å². The van der Waals surface area contributed by atoms with Crippen LogP contribution in [0.2, 0.25) is 5.02 Å². The summed E-state index contributed by atoms with van der Waals surface area (Å²) in [6.45, 7) is 5.77. The van der Waals surface area contributed by atoms with Gasteiger partial charge in [0.15, 0.2) is 0 Å². The molecule has 3 heteroatoms. The Morgan fingerprint density at radius 3 is 2.65 bits per heavy atom. The molecule has 1 heterocycles. The Kier molecular flexibility index (Phi) is 4.34. The number of nitrogens with one attached hydrogen (secondary N) is 1. The molecule has 1 spiro atoms. The number of nitrogens with zero attached hydrogens (tertiary/aromatic N) is 1. The molecule has 3 rings (SSSR count). The second kappa shape index (κ2) is 6.05. The third-order valence-corrected chi connectivity index (χ3v) is 5.30. The van der Waals surface area contributed by atoms with Gasteiger partial charge in [-0.15, -0.1) is 0 Å². The lowest BCUT2D eigenvalue weighted by molar-refractivity contribution is 0.160. The topological polar surface area (TPSA) is 15.3 Å². The van der Waals surface area contributed by atoms with E-state index in [2.05, 4.69) is 29.3 Å². The molecule has 1 N–H and O–H groups in total. The van der Waals surface area contributed by atoms with Gasteiger partial charge < -0.3 is 5.32 Å². The molecule has 1 aromatic carbocycles. The predicted molar refractivity (Wildman–Crippen MR) is 85.1 cm³/mol. The molecular formula is C17H25ClN2. The maximum atomic E-state index is 5.98. The van der Waals surface area contributed by atoms with Crippen molar-refractivity contribution in [3.8, 4) is 0 Å². The Balaban J connectivity index is 1.73. The van der Waals surface area contributed by atoms with Crippen molar-refractivity contribution in [2.24, 2.45) is 0 Å². The third kappa shape index (κ3) is 3.19. The van der Waals surface area contributed by atoms with Crippen LogP contribution in [0.25, 0.3) is 0 Å². The Hall–Kier alpha value is -0.570. The zero-order valence-corrected chi connectivity index (χ0v) is 13.1. The van der Waals surface area contributed by atoms with Gasteiger partial charge in [-0.05, 0) is 50.4 Å². The number of hydrogen-bond acceptors (Lipinski definition) is 2. The minimum Gasteiger partial charge on any atom is -0.310 e. The van der Waals surface area contributed by atoms with Crippen LogP contribution in [-0.4, -0.2) is 29.6 Å². The fourth-order valence-electron chi connectivity index (χ4n) is 3.75. The van der Waals surface area contributed by atoms with E-state index in [1.54, 1.807) is 0 Å². The smallest absolute Gasteiger partial charge is 0.0406 e. The molecule has 0 aromatic heterocycles. The van der Waals surface area contributed by atoms with Crippen molar-refractivity contribution in [2.75, 3.05) is 13.1 Å². The summed E-state index contributed by atoms with van der Waals surface area (Å²) in [4.78, 5) is 2.66. The summed E-state index contributed by atoms with van der Waals surface area (Å²) < 4.78 is 0. The van der Waals surface area contributed by atoms with E-state index < -0.39 is 0 Å². The molecule has 1 aromatic rings. The molecule has 1 unspecified atom stereocenters. The van der Waals surface area contributed by atoms with E-state index in [4.69, 9.17) is 11.6 Å². The molecule has 20 heavy (non-hydrogen) atoms. The van der Waals surface area contributed by atoms with Crippen LogP contribution >= 0.6 is 11.6 Å². The maximum absolute atomic E-state index is 5.98. The number of hydrogen-bond donors (Lipinski definition) is 1. The van der Waals surface area contributed by atoms with Crippen molar-refractivity contribution in [3.05, 3.63) is 34.9 Å². The number of rotatable bonds is 2. The highest BCUT2D eigenvalue weighted by Crippen LogP contribution is 2.33. The largest absolute Gasteiger partial charge is 0.310 e. The van der Waals surface area contributed by atoms with E-state index in [-0.39, 0.29) is 0 Å². The molecule has 110 valence electrons. The van der Waals surface area contributed by atoms with Crippen molar-refractivity contribution in [1.82, 2.24) is 10.2 Å². The molecule has 1 aliphatic heterocycles. The summed E-state index contributed by atoms with van der Waals surface area (Å²) in [7, 11) is 0. The first-order chi connectivity index (χ1) is 9.67. The first kappa shape index (κ1) is 14.4. The van der Waals surface area contributed by atoms with Gasteiger partial charge in [-0.1, -0.05) is 36.6 Å². The zero-order valence-electron chi connectivity index (χ0n) is 12.4. The summed E-state index contributed by atoms with van der Waals surface area (Å²) in [5.41, 5.74) is 1.76. The lowest BCUT2D eigenvalue weighted by Crippen LogP contribution is -2.49. The minimum absolute atomic E-state index is 0.386. The molecule has 1 aliphatic carbocycles. The third-order valence-electron chi connectivity index (χ3n) is 5.05. The van der Waals surface area contributed by atoms with E-state index in [1.165, 1.54) is 44.2 Å². The Bertz CT molecular complexity index is 437. The van der Waals surface area contributed by atoms with E-state index in [1.807, 2.05) is 12.1 Å². The van der Waals surface area contributed by atoms with Crippen molar-refractivity contribution < 1.29 is 0 Å². The van der Waals surface area contributed by atoms with Crippen LogP contribution < -0.4 is 5.32 Å². The van der Waals surface area contributed by atoms with Gasteiger partial charge in [0.25, 0.3) is 0 Å². The minimum atomic E-state index is 0.386. The number of halogens is 1. The van der Waals surface area contributed by atoms with E-state index >= 15 is 0 Å². The Morgan fingerprint density at radius 1 is 1.25 bits per heavy atom. The van der Waals surface area contributed by atoms with Gasteiger partial charge in [-0.3, -0.25) is 4.90 Å². The Morgan fingerprint density at radius 2 is 1.95 bits per heavy atom. The van der Waals surface area contributed by atoms with E-state index in [9.17, 15) is 0 Å². The molecule has 2 fully saturated rings. The summed E-state index contributed by atoms with van der Waals surface area (Å²) in [6.07, 6.45) is 6.70. The van der Waals surface area contributed by atoms with Gasteiger partial charge in [-0.25, -0.2) is 0 Å². The highest BCUT2D eigenvalue weighted by atomic mass is 35.5. The second-order valence-corrected chi connectivity index (χ2v) is 7.02. The summed E-state index contributed by atoms with van der Waals surface area (Å²) in [5, 5.41) is 4.68. The van der Waals surface area contributed by atoms with Crippen LogP contribution in [0.1, 0.15) is 44.6 Å². The molecule has 1 saturated carbocycles. The van der Waals surface area contributed by atoms with Gasteiger partial charge in [0.2, 0.25) is 0 Å². The number of benzene rings is 1. The van der Waals surface area contributed by atoms with Crippen LogP contribution in [0.5, 0.6) is 0 Å². The molecule has 1 saturated heterocycles. The van der Waals surface area contributed by atoms with Crippen molar-refractivity contribution >= 4 is 11.6 Å². The van der Waals surface area contributed by atoms with Gasteiger partial charge in [0.05, 0.1) is 0 Å². The molecule has 2 nitrogen and oxygen atoms in total. The van der Waals surface area contributed by atoms with E-state index in [0.717, 1.165) is 18.1 Å². The van der Waals surface area contributed by atoms with Crippen LogP contribution in [0.4, 0.5) is 0 Å². The summed E-state index contributed by atoms with van der Waals surface area (Å²) in [5.74, 6) is 0. The predicted octanol–water partition coefficient (Wildman–Crippen LogP) is 3.84. The van der Waals surface area contributed by atoms with Gasteiger partial charge in [0, 0.05) is 29.7 Å². The lowest BCUT2D eigenvalue weighted by atomic mass is 9.96. The molecule has 0 amide bonds. The lowest BCUT2D eigenvalue weighted by Gasteiger charge is -2.35. The fraction of sp³-hybridized carbons (Fsp3) is 0.647. The zero-order chi connectivity index (χ0) is 14.0. The maximum Gasteiger partial charge on any atom is 0.0406 e. The van der Waals surface area contributed by atoms with Crippen LogP contribution in [-0.2, 0) is 6.54 Å². The normalized spacial score (nSPS) is 26.8. The summed E-state index contributed by atoms with van der Waals surface area (Å²) >= 11 is 5.98. The molecule has 2 aliphatic rings. The summed E-state index contributed by atoms with van der Waals surface area (Å²) in [6, 6.07) is 8.98. The van der Waals surface area contributed by atoms with Crippen LogP contribution in [0, 0.1) is 0 Å². The van der Waals surface area contributed by atoms with Gasteiger partial charge >= 0.3 is 0 Å². The quantitative estimate of drug-likeness (QED) is 0.891. The fourth-order valence-corrected chi connectivity index (χ4v) is 3.88. The molecule has 1 atom stereocenters. The first-order valence-electron chi connectivity index (χ1n) is 7.90. The Labute approximate surface area is 127 Å². The van der Waals surface area contributed by atoms with Gasteiger partial charge in [-0.2, -0.15) is 0 Å². The molecule has 0 radical (unpaired) electrons. The monoisotopic (exact) mass is 292 g/mol. The standard InChI is InChI=1S/C17H25ClN2/c1-14-8-11-19-17(9-2-3-10-17)13-20(14)12-15-4-6-16(18)7-5-15/h4-7,14,19H,2-3,8-13H2,1H3. The first-order valence-corrected chi connectivity index (χ1v) is 8.28. The van der Waals surface area contributed by atoms with Crippen molar-refractivity contribution in [3.63, 3.8) is 0 Å². The average molecular weight is 293 g/mol. The van der Waals surface area contributed by atoms with Crippen LogP contribution in [0.3, 0.4) is 0 Å². The molecular weight excluding hydrogens is 268 g/mol. The van der Waals surface area contributed by atoms with E-state index in [0.29, 0.717) is 11.6 Å². The highest BCUT2D eigenvalue weighted by Gasteiger charge is 2.37.